The predicted octanol–water partition coefficient (Wildman–Crippen LogP) is 3.13. The van der Waals surface area contributed by atoms with Gasteiger partial charge in [-0.05, 0) is 96.5 Å². The first-order valence-electron chi connectivity index (χ1n) is 16.5. The zero-order valence-corrected chi connectivity index (χ0v) is 30.0. The van der Waals surface area contributed by atoms with Gasteiger partial charge in [0.15, 0.2) is 0 Å². The standard InChI is InChI=1S/C38H44N6O8/c1-21-13-31(39-15-25(21)17-41-33(19-45)37(49)51-5)35(47)43-29-11-7-9-27(23(29)3)28-10-8-12-30(24(28)4)44-36(48)32-14-22(2)26(16-40-32)18-42-34(20-46)38(50)52-6/h7-16,33-34,41-42,45-46H,17-20H2,1-6H3,(H,43,47)(H,44,48). The number of nitrogens with zero attached hydrogens (tertiary/aromatic N) is 2. The molecule has 0 saturated heterocycles. The van der Waals surface area contributed by atoms with E-state index in [0.29, 0.717) is 11.4 Å². The number of aromatic nitrogens is 2. The van der Waals surface area contributed by atoms with Crippen molar-refractivity contribution in [3.05, 3.63) is 106 Å². The summed E-state index contributed by atoms with van der Waals surface area (Å²) in [6.07, 6.45) is 3.11. The fourth-order valence-electron chi connectivity index (χ4n) is 5.48. The van der Waals surface area contributed by atoms with Crippen molar-refractivity contribution >= 4 is 35.1 Å². The van der Waals surface area contributed by atoms with E-state index in [2.05, 4.69) is 40.7 Å². The number of methoxy groups -OCH3 is 2. The van der Waals surface area contributed by atoms with Gasteiger partial charge >= 0.3 is 11.9 Å². The third-order valence-corrected chi connectivity index (χ3v) is 8.77. The molecule has 2 aromatic heterocycles. The van der Waals surface area contributed by atoms with Crippen molar-refractivity contribution in [2.24, 2.45) is 0 Å². The number of aliphatic hydroxyl groups is 2. The molecule has 0 aliphatic carbocycles. The second-order valence-corrected chi connectivity index (χ2v) is 12.1. The van der Waals surface area contributed by atoms with Crippen LogP contribution in [0.15, 0.2) is 60.9 Å². The molecular weight excluding hydrogens is 668 g/mol. The molecule has 2 atom stereocenters. The number of esters is 2. The van der Waals surface area contributed by atoms with E-state index in [1.165, 1.54) is 14.2 Å². The minimum absolute atomic E-state index is 0.210. The van der Waals surface area contributed by atoms with Crippen LogP contribution in [0.25, 0.3) is 11.1 Å². The van der Waals surface area contributed by atoms with E-state index in [-0.39, 0.29) is 24.5 Å². The number of pyridine rings is 2. The van der Waals surface area contributed by atoms with Crippen LogP contribution in [0.2, 0.25) is 0 Å². The highest BCUT2D eigenvalue weighted by atomic mass is 16.5. The number of benzene rings is 2. The summed E-state index contributed by atoms with van der Waals surface area (Å²) in [5.74, 6) is -1.95. The Kier molecular flexibility index (Phi) is 13.7. The second-order valence-electron chi connectivity index (χ2n) is 12.1. The van der Waals surface area contributed by atoms with E-state index in [1.54, 1.807) is 36.7 Å². The van der Waals surface area contributed by atoms with Crippen molar-refractivity contribution < 1.29 is 38.9 Å². The fraction of sp³-hybridized carbons (Fsp3) is 0.316. The van der Waals surface area contributed by atoms with Gasteiger partial charge in [0.05, 0.1) is 27.4 Å². The zero-order chi connectivity index (χ0) is 37.9. The predicted molar refractivity (Wildman–Crippen MR) is 195 cm³/mol. The van der Waals surface area contributed by atoms with Gasteiger partial charge in [-0.2, -0.15) is 0 Å². The molecule has 14 nitrogen and oxygen atoms in total. The van der Waals surface area contributed by atoms with Gasteiger partial charge in [-0.3, -0.25) is 39.8 Å². The Balaban J connectivity index is 1.46. The number of nitrogens with one attached hydrogen (secondary N) is 4. The summed E-state index contributed by atoms with van der Waals surface area (Å²) >= 11 is 0. The smallest absolute Gasteiger partial charge is 0.325 e. The van der Waals surface area contributed by atoms with Gasteiger partial charge < -0.3 is 30.3 Å². The maximum atomic E-state index is 13.3. The van der Waals surface area contributed by atoms with Crippen LogP contribution in [0, 0.1) is 27.7 Å². The van der Waals surface area contributed by atoms with Crippen molar-refractivity contribution in [3.63, 3.8) is 0 Å². The molecule has 4 rings (SSSR count). The first-order chi connectivity index (χ1) is 24.9. The molecule has 4 aromatic rings. The normalized spacial score (nSPS) is 12.1. The van der Waals surface area contributed by atoms with Gasteiger partial charge in [0.1, 0.15) is 23.5 Å². The minimum Gasteiger partial charge on any atom is -0.468 e. The molecule has 52 heavy (non-hydrogen) atoms. The van der Waals surface area contributed by atoms with E-state index in [9.17, 15) is 29.4 Å². The number of aryl methyl sites for hydroxylation is 2. The quantitative estimate of drug-likeness (QED) is 0.0986. The topological polar surface area (TPSA) is 201 Å². The van der Waals surface area contributed by atoms with Crippen molar-refractivity contribution in [1.82, 2.24) is 20.6 Å². The van der Waals surface area contributed by atoms with Crippen LogP contribution >= 0.6 is 0 Å². The number of anilines is 2. The number of aliphatic hydroxyl groups excluding tert-OH is 2. The van der Waals surface area contributed by atoms with Gasteiger partial charge in [0.25, 0.3) is 11.8 Å². The van der Waals surface area contributed by atoms with E-state index in [4.69, 9.17) is 0 Å². The van der Waals surface area contributed by atoms with Crippen LogP contribution < -0.4 is 21.3 Å². The third kappa shape index (κ3) is 9.41. The zero-order valence-electron chi connectivity index (χ0n) is 30.0. The van der Waals surface area contributed by atoms with E-state index < -0.39 is 49.1 Å². The Morgan fingerprint density at radius 1 is 0.654 bits per heavy atom. The van der Waals surface area contributed by atoms with Gasteiger partial charge in [0, 0.05) is 36.9 Å². The number of amides is 2. The van der Waals surface area contributed by atoms with Crippen LogP contribution in [-0.2, 0) is 32.2 Å². The number of hydrogen-bond acceptors (Lipinski definition) is 12. The average Bonchev–Trinajstić information content (AvgIpc) is 3.14. The highest BCUT2D eigenvalue weighted by Crippen LogP contribution is 2.34. The lowest BCUT2D eigenvalue weighted by atomic mass is 9.94. The Morgan fingerprint density at radius 2 is 1.04 bits per heavy atom. The lowest BCUT2D eigenvalue weighted by molar-refractivity contribution is -0.145. The lowest BCUT2D eigenvalue weighted by Gasteiger charge is -2.17. The molecule has 0 spiro atoms. The number of carbonyl (C=O) groups excluding carboxylic acids is 4. The van der Waals surface area contributed by atoms with Crippen LogP contribution in [0.5, 0.6) is 0 Å². The summed E-state index contributed by atoms with van der Waals surface area (Å²) in [5.41, 5.74) is 8.02. The lowest BCUT2D eigenvalue weighted by Crippen LogP contribution is -2.40. The highest BCUT2D eigenvalue weighted by molar-refractivity contribution is 6.05. The molecule has 0 saturated carbocycles. The molecule has 2 amide bonds. The summed E-state index contributed by atoms with van der Waals surface area (Å²) in [6.45, 7) is 7.11. The molecule has 2 unspecified atom stereocenters. The molecule has 274 valence electrons. The third-order valence-electron chi connectivity index (χ3n) is 8.77. The SMILES string of the molecule is COC(=O)C(CO)NCc1cnc(C(=O)Nc2cccc(-c3cccc(NC(=O)c4cc(C)c(CNC(CO)C(=O)OC)cn4)c3C)c2C)cc1C. The van der Waals surface area contributed by atoms with Crippen LogP contribution in [0.3, 0.4) is 0 Å². The van der Waals surface area contributed by atoms with Gasteiger partial charge in [0.2, 0.25) is 0 Å². The van der Waals surface area contributed by atoms with Crippen LogP contribution in [0.1, 0.15) is 54.4 Å². The number of carbonyl (C=O) groups is 4. The van der Waals surface area contributed by atoms with Crippen molar-refractivity contribution in [2.75, 3.05) is 38.1 Å². The first-order valence-corrected chi connectivity index (χ1v) is 16.5. The summed E-state index contributed by atoms with van der Waals surface area (Å²) in [4.78, 5) is 58.8. The largest absolute Gasteiger partial charge is 0.468 e. The second kappa shape index (κ2) is 18.1. The monoisotopic (exact) mass is 712 g/mol. The number of rotatable bonds is 15. The molecule has 6 N–H and O–H groups in total. The van der Waals surface area contributed by atoms with E-state index in [1.807, 2.05) is 52.0 Å². The molecule has 0 aliphatic rings. The van der Waals surface area contributed by atoms with Crippen molar-refractivity contribution in [1.29, 1.82) is 0 Å². The Hall–Kier alpha value is -5.54. The Labute approximate surface area is 302 Å². The molecular formula is C38H44N6O8. The number of ether oxygens (including phenoxy) is 2. The molecule has 0 aliphatic heterocycles. The van der Waals surface area contributed by atoms with Gasteiger partial charge in [-0.15, -0.1) is 0 Å². The maximum Gasteiger partial charge on any atom is 0.325 e. The summed E-state index contributed by atoms with van der Waals surface area (Å²) in [5, 5.41) is 30.7. The highest BCUT2D eigenvalue weighted by Gasteiger charge is 2.20. The molecule has 2 aromatic carbocycles. The summed E-state index contributed by atoms with van der Waals surface area (Å²) in [6, 6.07) is 12.7. The maximum absolute atomic E-state index is 13.3. The van der Waals surface area contributed by atoms with Crippen LogP contribution in [-0.4, -0.2) is 83.5 Å². The molecule has 2 heterocycles. The fourth-order valence-corrected chi connectivity index (χ4v) is 5.48. The van der Waals surface area contributed by atoms with Gasteiger partial charge in [-0.25, -0.2) is 0 Å². The van der Waals surface area contributed by atoms with E-state index in [0.717, 1.165) is 44.5 Å². The van der Waals surface area contributed by atoms with Crippen molar-refractivity contribution in [2.45, 2.75) is 52.9 Å². The Bertz CT molecular complexity index is 1810. The van der Waals surface area contributed by atoms with Gasteiger partial charge in [-0.1, -0.05) is 24.3 Å². The molecule has 0 bridgehead atoms. The van der Waals surface area contributed by atoms with E-state index >= 15 is 0 Å². The summed E-state index contributed by atoms with van der Waals surface area (Å²) < 4.78 is 9.36. The summed E-state index contributed by atoms with van der Waals surface area (Å²) in [7, 11) is 2.50. The molecule has 14 heteroatoms. The Morgan fingerprint density at radius 3 is 1.37 bits per heavy atom. The average molecular weight is 713 g/mol. The minimum atomic E-state index is -0.875. The molecule has 0 fully saturated rings. The van der Waals surface area contributed by atoms with Crippen LogP contribution in [0.4, 0.5) is 11.4 Å². The number of hydrogen-bond donors (Lipinski definition) is 6. The molecule has 0 radical (unpaired) electrons. The van der Waals surface area contributed by atoms with Crippen molar-refractivity contribution in [3.8, 4) is 11.1 Å². The first kappa shape index (κ1) is 39.2.